The summed E-state index contributed by atoms with van der Waals surface area (Å²) in [4.78, 5) is 7.37. The third-order valence-electron chi connectivity index (χ3n) is 2.91. The first-order valence-corrected chi connectivity index (χ1v) is 7.13. The highest BCUT2D eigenvalue weighted by Gasteiger charge is 2.15. The summed E-state index contributed by atoms with van der Waals surface area (Å²) in [6, 6.07) is 6.47. The first-order valence-electron chi connectivity index (χ1n) is 6.32. The van der Waals surface area contributed by atoms with Crippen LogP contribution in [0.4, 0.5) is 15.2 Å². The van der Waals surface area contributed by atoms with Gasteiger partial charge in [-0.05, 0) is 31.5 Å². The molecule has 2 rings (SSSR count). The SMILES string of the molecule is CCc1nc(N(CC)c2cccc(F)c2)sc1CO. The Bertz CT molecular complexity index is 535. The third kappa shape index (κ3) is 2.93. The van der Waals surface area contributed by atoms with Crippen molar-refractivity contribution in [1.29, 1.82) is 0 Å². The number of rotatable bonds is 5. The summed E-state index contributed by atoms with van der Waals surface area (Å²) in [6.07, 6.45) is 0.785. The van der Waals surface area contributed by atoms with Crippen LogP contribution in [0.5, 0.6) is 0 Å². The van der Waals surface area contributed by atoms with Crippen LogP contribution in [0.2, 0.25) is 0 Å². The largest absolute Gasteiger partial charge is 0.391 e. The van der Waals surface area contributed by atoms with Crippen molar-refractivity contribution in [3.63, 3.8) is 0 Å². The molecule has 0 radical (unpaired) electrons. The van der Waals surface area contributed by atoms with Crippen molar-refractivity contribution < 1.29 is 9.50 Å². The second-order valence-corrected chi connectivity index (χ2v) is 5.16. The van der Waals surface area contributed by atoms with Gasteiger partial charge in [0.1, 0.15) is 5.82 Å². The zero-order valence-electron chi connectivity index (χ0n) is 11.1. The molecule has 1 N–H and O–H groups in total. The Morgan fingerprint density at radius 2 is 2.16 bits per heavy atom. The maximum Gasteiger partial charge on any atom is 0.190 e. The summed E-state index contributed by atoms with van der Waals surface area (Å²) in [5.41, 5.74) is 1.70. The Hall–Kier alpha value is -1.46. The minimum absolute atomic E-state index is 0.00153. The molecule has 102 valence electrons. The molecule has 0 spiro atoms. The lowest BCUT2D eigenvalue weighted by atomic mass is 10.3. The van der Waals surface area contributed by atoms with Gasteiger partial charge in [-0.3, -0.25) is 0 Å². The van der Waals surface area contributed by atoms with Crippen LogP contribution in [-0.4, -0.2) is 16.6 Å². The summed E-state index contributed by atoms with van der Waals surface area (Å²) in [5.74, 6) is -0.259. The van der Waals surface area contributed by atoms with E-state index in [1.165, 1.54) is 23.5 Å². The number of benzene rings is 1. The zero-order valence-corrected chi connectivity index (χ0v) is 11.9. The van der Waals surface area contributed by atoms with E-state index >= 15 is 0 Å². The molecule has 1 aromatic heterocycles. The molecule has 0 atom stereocenters. The van der Waals surface area contributed by atoms with E-state index in [1.54, 1.807) is 6.07 Å². The minimum atomic E-state index is -0.259. The average Bonchev–Trinajstić information content (AvgIpc) is 2.83. The Morgan fingerprint density at radius 3 is 2.68 bits per heavy atom. The van der Waals surface area contributed by atoms with Crippen LogP contribution in [0, 0.1) is 5.82 Å². The van der Waals surface area contributed by atoms with E-state index in [9.17, 15) is 9.50 Å². The summed E-state index contributed by atoms with van der Waals surface area (Å²) >= 11 is 1.46. The average molecular weight is 280 g/mol. The van der Waals surface area contributed by atoms with Gasteiger partial charge < -0.3 is 10.0 Å². The minimum Gasteiger partial charge on any atom is -0.391 e. The number of hydrogen-bond acceptors (Lipinski definition) is 4. The molecule has 0 bridgehead atoms. The van der Waals surface area contributed by atoms with Gasteiger partial charge in [-0.2, -0.15) is 0 Å². The van der Waals surface area contributed by atoms with Crippen LogP contribution in [0.3, 0.4) is 0 Å². The number of halogens is 1. The maximum absolute atomic E-state index is 13.3. The van der Waals surface area contributed by atoms with Crippen LogP contribution in [0.25, 0.3) is 0 Å². The molecular formula is C14H17FN2OS. The second kappa shape index (κ2) is 6.12. The summed E-state index contributed by atoms with van der Waals surface area (Å²) in [6.45, 7) is 4.71. The molecule has 0 saturated carbocycles. The Balaban J connectivity index is 2.39. The van der Waals surface area contributed by atoms with Gasteiger partial charge in [-0.1, -0.05) is 24.3 Å². The van der Waals surface area contributed by atoms with Crippen molar-refractivity contribution in [2.75, 3.05) is 11.4 Å². The van der Waals surface area contributed by atoms with Gasteiger partial charge in [0.15, 0.2) is 5.13 Å². The van der Waals surface area contributed by atoms with E-state index in [0.29, 0.717) is 6.54 Å². The standard InChI is InChI=1S/C14H17FN2OS/c1-3-12-13(9-18)19-14(16-12)17(4-2)11-7-5-6-10(15)8-11/h5-8,18H,3-4,9H2,1-2H3. The number of anilines is 2. The van der Waals surface area contributed by atoms with Crippen molar-refractivity contribution in [3.8, 4) is 0 Å². The molecule has 5 heteroatoms. The molecule has 19 heavy (non-hydrogen) atoms. The zero-order chi connectivity index (χ0) is 13.8. The fourth-order valence-electron chi connectivity index (χ4n) is 1.96. The molecule has 1 heterocycles. The molecule has 3 nitrogen and oxygen atoms in total. The van der Waals surface area contributed by atoms with E-state index in [-0.39, 0.29) is 12.4 Å². The molecule has 1 aromatic carbocycles. The van der Waals surface area contributed by atoms with Gasteiger partial charge in [0.25, 0.3) is 0 Å². The molecule has 0 unspecified atom stereocenters. The highest BCUT2D eigenvalue weighted by molar-refractivity contribution is 7.15. The van der Waals surface area contributed by atoms with Crippen LogP contribution in [0.1, 0.15) is 24.4 Å². The predicted octanol–water partition coefficient (Wildman–Crippen LogP) is 3.49. The number of aliphatic hydroxyl groups is 1. The van der Waals surface area contributed by atoms with E-state index in [4.69, 9.17) is 0 Å². The van der Waals surface area contributed by atoms with Crippen molar-refractivity contribution in [2.45, 2.75) is 26.9 Å². The number of aliphatic hydroxyl groups excluding tert-OH is 1. The van der Waals surface area contributed by atoms with Gasteiger partial charge in [-0.25, -0.2) is 9.37 Å². The van der Waals surface area contributed by atoms with Crippen molar-refractivity contribution >= 4 is 22.2 Å². The fourth-order valence-corrected chi connectivity index (χ4v) is 3.05. The van der Waals surface area contributed by atoms with Crippen LogP contribution >= 0.6 is 11.3 Å². The fraction of sp³-hybridized carbons (Fsp3) is 0.357. The second-order valence-electron chi connectivity index (χ2n) is 4.10. The van der Waals surface area contributed by atoms with Crippen LogP contribution < -0.4 is 4.90 Å². The Kier molecular flexibility index (Phi) is 4.50. The highest BCUT2D eigenvalue weighted by atomic mass is 32.1. The molecule has 0 saturated heterocycles. The predicted molar refractivity (Wildman–Crippen MR) is 76.5 cm³/mol. The van der Waals surface area contributed by atoms with Gasteiger partial charge >= 0.3 is 0 Å². The monoisotopic (exact) mass is 280 g/mol. The maximum atomic E-state index is 13.3. The van der Waals surface area contributed by atoms with E-state index in [0.717, 1.165) is 27.8 Å². The van der Waals surface area contributed by atoms with Gasteiger partial charge in [0.2, 0.25) is 0 Å². The first kappa shape index (κ1) is 14.0. The van der Waals surface area contributed by atoms with E-state index in [1.807, 2.05) is 24.8 Å². The smallest absolute Gasteiger partial charge is 0.190 e. The Labute approximate surface area is 116 Å². The van der Waals surface area contributed by atoms with E-state index in [2.05, 4.69) is 4.98 Å². The molecule has 2 aromatic rings. The molecule has 0 aliphatic heterocycles. The normalized spacial score (nSPS) is 10.7. The number of thiazole rings is 1. The molecule has 0 amide bonds. The van der Waals surface area contributed by atoms with Gasteiger partial charge in [-0.15, -0.1) is 0 Å². The third-order valence-corrected chi connectivity index (χ3v) is 4.02. The van der Waals surface area contributed by atoms with Crippen LogP contribution in [0.15, 0.2) is 24.3 Å². The number of hydrogen-bond donors (Lipinski definition) is 1. The number of aryl methyl sites for hydroxylation is 1. The molecule has 0 fully saturated rings. The summed E-state index contributed by atoms with van der Waals surface area (Å²) in [7, 11) is 0. The lowest BCUT2D eigenvalue weighted by Gasteiger charge is -2.19. The first-order chi connectivity index (χ1) is 9.19. The van der Waals surface area contributed by atoms with Crippen molar-refractivity contribution in [3.05, 3.63) is 40.7 Å². The van der Waals surface area contributed by atoms with Crippen molar-refractivity contribution in [1.82, 2.24) is 4.98 Å². The summed E-state index contributed by atoms with van der Waals surface area (Å²) < 4.78 is 13.3. The lowest BCUT2D eigenvalue weighted by Crippen LogP contribution is -2.15. The summed E-state index contributed by atoms with van der Waals surface area (Å²) in [5, 5.41) is 10.1. The van der Waals surface area contributed by atoms with Crippen LogP contribution in [-0.2, 0) is 13.0 Å². The van der Waals surface area contributed by atoms with E-state index < -0.39 is 0 Å². The molecule has 0 aliphatic carbocycles. The highest BCUT2D eigenvalue weighted by Crippen LogP contribution is 2.32. The topological polar surface area (TPSA) is 36.4 Å². The molecule has 0 aliphatic rings. The Morgan fingerprint density at radius 1 is 1.37 bits per heavy atom. The van der Waals surface area contributed by atoms with Gasteiger partial charge in [0, 0.05) is 12.2 Å². The lowest BCUT2D eigenvalue weighted by molar-refractivity contribution is 0.284. The number of nitrogens with zero attached hydrogens (tertiary/aromatic N) is 2. The van der Waals surface area contributed by atoms with Gasteiger partial charge in [0.05, 0.1) is 17.2 Å². The quantitative estimate of drug-likeness (QED) is 0.910. The number of aromatic nitrogens is 1. The molecular weight excluding hydrogens is 263 g/mol. The van der Waals surface area contributed by atoms with Crippen molar-refractivity contribution in [2.24, 2.45) is 0 Å².